The highest BCUT2D eigenvalue weighted by atomic mass is 16.1. The summed E-state index contributed by atoms with van der Waals surface area (Å²) < 4.78 is 2.34. The molecule has 0 amide bonds. The zero-order valence-corrected chi connectivity index (χ0v) is 9.07. The summed E-state index contributed by atoms with van der Waals surface area (Å²) in [6.45, 7) is 2.70. The molecule has 1 aliphatic heterocycles. The molecule has 2 heterocycles. The number of hydrogen-bond donors (Lipinski definition) is 0. The van der Waals surface area contributed by atoms with Crippen LogP contribution < -0.4 is 0 Å². The molecule has 0 aromatic carbocycles. The Morgan fingerprint density at radius 2 is 2.27 bits per heavy atom. The Hall–Kier alpha value is -1.12. The highest BCUT2D eigenvalue weighted by Crippen LogP contribution is 2.40. The third-order valence-electron chi connectivity index (χ3n) is 3.64. The Kier molecular flexibility index (Phi) is 1.94. The van der Waals surface area contributed by atoms with Crippen LogP contribution in [0, 0.1) is 5.92 Å². The van der Waals surface area contributed by atoms with Gasteiger partial charge in [0.05, 0.1) is 0 Å². The minimum Gasteiger partial charge on any atom is -0.332 e. The normalized spacial score (nSPS) is 25.0. The van der Waals surface area contributed by atoms with Gasteiger partial charge in [0.25, 0.3) is 0 Å². The molecule has 80 valence electrons. The molecular weight excluding hydrogens is 188 g/mol. The van der Waals surface area contributed by atoms with Crippen molar-refractivity contribution >= 4 is 5.78 Å². The van der Waals surface area contributed by atoms with Crippen molar-refractivity contribution in [3.8, 4) is 0 Å². The third-order valence-corrected chi connectivity index (χ3v) is 3.64. The van der Waals surface area contributed by atoms with Gasteiger partial charge in [-0.3, -0.25) is 4.79 Å². The van der Waals surface area contributed by atoms with Crippen LogP contribution in [0.4, 0.5) is 0 Å². The molecular formula is C12H16N2O. The molecule has 0 radical (unpaired) electrons. The minimum absolute atomic E-state index is 0.237. The molecule has 0 saturated heterocycles. The summed E-state index contributed by atoms with van der Waals surface area (Å²) >= 11 is 0. The van der Waals surface area contributed by atoms with Crippen LogP contribution in [0.2, 0.25) is 0 Å². The van der Waals surface area contributed by atoms with E-state index in [1.807, 2.05) is 6.20 Å². The van der Waals surface area contributed by atoms with Gasteiger partial charge in [0, 0.05) is 30.3 Å². The lowest BCUT2D eigenvalue weighted by atomic mass is 9.93. The molecule has 1 aliphatic carbocycles. The number of hydrogen-bond acceptors (Lipinski definition) is 2. The van der Waals surface area contributed by atoms with Gasteiger partial charge in [-0.05, 0) is 32.6 Å². The van der Waals surface area contributed by atoms with Crippen LogP contribution in [0.1, 0.15) is 43.6 Å². The van der Waals surface area contributed by atoms with Crippen molar-refractivity contribution in [2.24, 2.45) is 5.92 Å². The van der Waals surface area contributed by atoms with E-state index >= 15 is 0 Å². The fraction of sp³-hybridized carbons (Fsp3) is 0.667. The maximum atomic E-state index is 11.3. The lowest BCUT2D eigenvalue weighted by Crippen LogP contribution is -2.24. The number of carbonyl (C=O) groups excluding carboxylic acids is 1. The number of rotatable bonds is 2. The van der Waals surface area contributed by atoms with Gasteiger partial charge in [0.15, 0.2) is 0 Å². The average Bonchev–Trinajstić information content (AvgIpc) is 2.98. The molecule has 2 aliphatic rings. The van der Waals surface area contributed by atoms with E-state index in [-0.39, 0.29) is 5.92 Å². The van der Waals surface area contributed by atoms with E-state index in [9.17, 15) is 4.79 Å². The molecule has 1 atom stereocenters. The number of fused-ring (bicyclic) bond motifs is 1. The summed E-state index contributed by atoms with van der Waals surface area (Å²) in [7, 11) is 0. The zero-order chi connectivity index (χ0) is 10.4. The van der Waals surface area contributed by atoms with E-state index in [1.165, 1.54) is 24.4 Å². The first-order valence-electron chi connectivity index (χ1n) is 5.80. The maximum absolute atomic E-state index is 11.3. The van der Waals surface area contributed by atoms with Crippen molar-refractivity contribution in [1.82, 2.24) is 9.55 Å². The highest BCUT2D eigenvalue weighted by molar-refractivity contribution is 5.78. The Balaban J connectivity index is 1.88. The van der Waals surface area contributed by atoms with E-state index in [0.29, 0.717) is 11.7 Å². The summed E-state index contributed by atoms with van der Waals surface area (Å²) in [5.74, 6) is 2.55. The molecule has 0 spiro atoms. The molecule has 1 aromatic rings. The van der Waals surface area contributed by atoms with Crippen molar-refractivity contribution in [2.75, 3.05) is 0 Å². The summed E-state index contributed by atoms with van der Waals surface area (Å²) in [5.41, 5.74) is 1.27. The van der Waals surface area contributed by atoms with E-state index in [1.54, 1.807) is 6.92 Å². The zero-order valence-electron chi connectivity index (χ0n) is 9.07. The number of aromatic nitrogens is 2. The number of carbonyl (C=O) groups is 1. The van der Waals surface area contributed by atoms with Crippen LogP contribution in [0.25, 0.3) is 0 Å². The van der Waals surface area contributed by atoms with Crippen molar-refractivity contribution in [3.63, 3.8) is 0 Å². The summed E-state index contributed by atoms with van der Waals surface area (Å²) in [6.07, 6.45) is 6.47. The van der Waals surface area contributed by atoms with E-state index in [2.05, 4.69) is 9.55 Å². The lowest BCUT2D eigenvalue weighted by Gasteiger charge is -2.22. The minimum atomic E-state index is 0.237. The molecule has 3 nitrogen and oxygen atoms in total. The standard InChI is InChI=1S/C12H16N2O/c1-8(15)10-4-5-14-11(6-10)7-13-12(14)9-2-3-9/h7,9-10H,2-6H2,1H3. The molecule has 1 aromatic heterocycles. The average molecular weight is 204 g/mol. The highest BCUT2D eigenvalue weighted by Gasteiger charge is 2.31. The number of Topliss-reactive ketones (excluding diaryl/α,β-unsaturated/α-hetero) is 1. The van der Waals surface area contributed by atoms with Crippen LogP contribution in [0.5, 0.6) is 0 Å². The van der Waals surface area contributed by atoms with Crippen LogP contribution in [0.3, 0.4) is 0 Å². The Morgan fingerprint density at radius 3 is 2.93 bits per heavy atom. The van der Waals surface area contributed by atoms with Gasteiger partial charge < -0.3 is 4.57 Å². The van der Waals surface area contributed by atoms with E-state index in [0.717, 1.165) is 19.4 Å². The molecule has 1 unspecified atom stereocenters. The summed E-state index contributed by atoms with van der Waals surface area (Å²) in [4.78, 5) is 15.8. The smallest absolute Gasteiger partial charge is 0.133 e. The molecule has 3 rings (SSSR count). The Bertz CT molecular complexity index is 404. The molecule has 1 saturated carbocycles. The SMILES string of the molecule is CC(=O)C1CCn2c(cnc2C2CC2)C1. The van der Waals surface area contributed by atoms with Gasteiger partial charge in [-0.15, -0.1) is 0 Å². The second-order valence-corrected chi connectivity index (χ2v) is 4.83. The van der Waals surface area contributed by atoms with Crippen LogP contribution in [-0.4, -0.2) is 15.3 Å². The van der Waals surface area contributed by atoms with Gasteiger partial charge in [0.1, 0.15) is 11.6 Å². The van der Waals surface area contributed by atoms with Crippen molar-refractivity contribution in [2.45, 2.75) is 45.1 Å². The first kappa shape index (κ1) is 9.13. The first-order valence-corrected chi connectivity index (χ1v) is 5.80. The van der Waals surface area contributed by atoms with Crippen LogP contribution >= 0.6 is 0 Å². The maximum Gasteiger partial charge on any atom is 0.133 e. The van der Waals surface area contributed by atoms with Crippen molar-refractivity contribution in [1.29, 1.82) is 0 Å². The van der Waals surface area contributed by atoms with Crippen molar-refractivity contribution < 1.29 is 4.79 Å². The number of nitrogens with zero attached hydrogens (tertiary/aromatic N) is 2. The van der Waals surface area contributed by atoms with Gasteiger partial charge in [-0.2, -0.15) is 0 Å². The summed E-state index contributed by atoms with van der Waals surface area (Å²) in [6, 6.07) is 0. The van der Waals surface area contributed by atoms with E-state index in [4.69, 9.17) is 0 Å². The third kappa shape index (κ3) is 1.50. The fourth-order valence-electron chi connectivity index (χ4n) is 2.50. The summed E-state index contributed by atoms with van der Waals surface area (Å²) in [5, 5.41) is 0. The predicted molar refractivity (Wildman–Crippen MR) is 56.7 cm³/mol. The largest absolute Gasteiger partial charge is 0.332 e. The van der Waals surface area contributed by atoms with Crippen LogP contribution in [0.15, 0.2) is 6.20 Å². The van der Waals surface area contributed by atoms with Gasteiger partial charge in [-0.25, -0.2) is 4.98 Å². The monoisotopic (exact) mass is 204 g/mol. The second-order valence-electron chi connectivity index (χ2n) is 4.83. The fourth-order valence-corrected chi connectivity index (χ4v) is 2.50. The molecule has 3 heteroatoms. The molecule has 0 N–H and O–H groups in total. The molecule has 0 bridgehead atoms. The number of ketones is 1. The van der Waals surface area contributed by atoms with Gasteiger partial charge in [-0.1, -0.05) is 0 Å². The molecule has 1 fully saturated rings. The topological polar surface area (TPSA) is 34.9 Å². The second kappa shape index (κ2) is 3.19. The number of imidazole rings is 1. The lowest BCUT2D eigenvalue weighted by molar-refractivity contribution is -0.121. The molecule has 15 heavy (non-hydrogen) atoms. The quantitative estimate of drug-likeness (QED) is 0.737. The Morgan fingerprint density at radius 1 is 1.47 bits per heavy atom. The Labute approximate surface area is 89.5 Å². The van der Waals surface area contributed by atoms with Crippen LogP contribution in [-0.2, 0) is 17.8 Å². The van der Waals surface area contributed by atoms with Crippen molar-refractivity contribution in [3.05, 3.63) is 17.7 Å². The van der Waals surface area contributed by atoms with E-state index < -0.39 is 0 Å². The van der Waals surface area contributed by atoms with Gasteiger partial charge in [0.2, 0.25) is 0 Å². The van der Waals surface area contributed by atoms with Gasteiger partial charge >= 0.3 is 0 Å². The predicted octanol–water partition coefficient (Wildman–Crippen LogP) is 1.91. The first-order chi connectivity index (χ1) is 7.25.